The first-order valence-corrected chi connectivity index (χ1v) is 18.4. The molecular formula is C39H52N4O3S. The van der Waals surface area contributed by atoms with Gasteiger partial charge in [-0.2, -0.15) is 0 Å². The van der Waals surface area contributed by atoms with Gasteiger partial charge in [-0.1, -0.05) is 45.9 Å². The highest BCUT2D eigenvalue weighted by molar-refractivity contribution is 7.09. The van der Waals surface area contributed by atoms with Crippen molar-refractivity contribution in [2.75, 3.05) is 26.7 Å². The highest BCUT2D eigenvalue weighted by Crippen LogP contribution is 2.29. The van der Waals surface area contributed by atoms with E-state index in [1.54, 1.807) is 18.4 Å². The van der Waals surface area contributed by atoms with Gasteiger partial charge in [0.2, 0.25) is 5.91 Å². The van der Waals surface area contributed by atoms with E-state index in [4.69, 9.17) is 9.72 Å². The fourth-order valence-corrected chi connectivity index (χ4v) is 7.67. The Labute approximate surface area is 284 Å². The molecule has 3 heterocycles. The SMILES string of the molecule is CCC(CC)n1c(Cc2cccs2)nc2cc(C(=O)C[C@@H](CC(C)C)C(=O)NC3CCN(CCc4ccc(OC)cc4)CC3)ccc21. The van der Waals surface area contributed by atoms with Crippen LogP contribution in [0.4, 0.5) is 0 Å². The van der Waals surface area contributed by atoms with Gasteiger partial charge < -0.3 is 19.5 Å². The summed E-state index contributed by atoms with van der Waals surface area (Å²) >= 11 is 1.75. The second-order valence-corrected chi connectivity index (χ2v) is 14.5. The molecule has 0 radical (unpaired) electrons. The molecule has 7 nitrogen and oxygen atoms in total. The molecule has 1 amide bonds. The van der Waals surface area contributed by atoms with Crippen molar-refractivity contribution < 1.29 is 14.3 Å². The van der Waals surface area contributed by atoms with E-state index in [0.29, 0.717) is 23.9 Å². The molecule has 0 aliphatic carbocycles. The van der Waals surface area contributed by atoms with Gasteiger partial charge in [-0.05, 0) is 91.8 Å². The number of carbonyl (C=O) groups excluding carboxylic acids is 2. The van der Waals surface area contributed by atoms with Crippen LogP contribution in [-0.2, 0) is 17.6 Å². The number of benzene rings is 2. The van der Waals surface area contributed by atoms with Crippen LogP contribution in [0.1, 0.15) is 98.9 Å². The predicted octanol–water partition coefficient (Wildman–Crippen LogP) is 8.12. The number of ketones is 1. The maximum Gasteiger partial charge on any atom is 0.223 e. The van der Waals surface area contributed by atoms with E-state index < -0.39 is 0 Å². The molecule has 0 bridgehead atoms. The van der Waals surface area contributed by atoms with Crippen LogP contribution in [-0.4, -0.2) is 58.9 Å². The number of methoxy groups -OCH3 is 1. The minimum atomic E-state index is -0.345. The fraction of sp³-hybridized carbons (Fsp3) is 0.513. The van der Waals surface area contributed by atoms with Crippen LogP contribution in [0.25, 0.3) is 11.0 Å². The number of carbonyl (C=O) groups is 2. The van der Waals surface area contributed by atoms with E-state index in [1.807, 2.05) is 24.3 Å². The number of rotatable bonds is 16. The molecule has 1 N–H and O–H groups in total. The quantitative estimate of drug-likeness (QED) is 0.123. The van der Waals surface area contributed by atoms with Crippen LogP contribution in [0.2, 0.25) is 0 Å². The van der Waals surface area contributed by atoms with Gasteiger partial charge in [0.25, 0.3) is 0 Å². The van der Waals surface area contributed by atoms with Gasteiger partial charge in [0.15, 0.2) is 5.78 Å². The molecule has 0 unspecified atom stereocenters. The number of Topliss-reactive ketones (excluding diaryl/α,β-unsaturated/α-hetero) is 1. The summed E-state index contributed by atoms with van der Waals surface area (Å²) in [7, 11) is 1.69. The largest absolute Gasteiger partial charge is 0.497 e. The number of thiophene rings is 1. The lowest BCUT2D eigenvalue weighted by Gasteiger charge is -2.33. The maximum atomic E-state index is 13.7. The Balaban J connectivity index is 1.21. The summed E-state index contributed by atoms with van der Waals surface area (Å²) in [5.74, 6) is 1.93. The Bertz CT molecular complexity index is 1580. The molecule has 1 saturated heterocycles. The lowest BCUT2D eigenvalue weighted by atomic mass is 9.89. The third-order valence-electron chi connectivity index (χ3n) is 9.67. The van der Waals surface area contributed by atoms with E-state index in [-0.39, 0.29) is 30.1 Å². The Hall–Kier alpha value is -3.49. The van der Waals surface area contributed by atoms with Gasteiger partial charge in [0.1, 0.15) is 11.6 Å². The number of amides is 1. The summed E-state index contributed by atoms with van der Waals surface area (Å²) in [6.45, 7) is 11.6. The van der Waals surface area contributed by atoms with Crippen molar-refractivity contribution in [1.29, 1.82) is 0 Å². The van der Waals surface area contributed by atoms with Crippen molar-refractivity contribution in [2.24, 2.45) is 11.8 Å². The molecule has 47 heavy (non-hydrogen) atoms. The summed E-state index contributed by atoms with van der Waals surface area (Å²) in [6.07, 6.45) is 6.59. The predicted molar refractivity (Wildman–Crippen MR) is 193 cm³/mol. The summed E-state index contributed by atoms with van der Waals surface area (Å²) < 4.78 is 7.65. The minimum absolute atomic E-state index is 0.0120. The van der Waals surface area contributed by atoms with Gasteiger partial charge in [-0.15, -0.1) is 11.3 Å². The number of nitrogens with one attached hydrogen (secondary N) is 1. The molecule has 0 saturated carbocycles. The first-order valence-electron chi connectivity index (χ1n) is 17.5. The average Bonchev–Trinajstić information content (AvgIpc) is 3.72. The summed E-state index contributed by atoms with van der Waals surface area (Å²) in [4.78, 5) is 36.1. The Morgan fingerprint density at radius 1 is 1.04 bits per heavy atom. The third kappa shape index (κ3) is 9.11. The first-order chi connectivity index (χ1) is 22.8. The van der Waals surface area contributed by atoms with Gasteiger partial charge in [-0.25, -0.2) is 4.98 Å². The number of ether oxygens (including phenoxy) is 1. The molecule has 0 spiro atoms. The summed E-state index contributed by atoms with van der Waals surface area (Å²) in [5.41, 5.74) is 3.88. The smallest absolute Gasteiger partial charge is 0.223 e. The molecule has 5 rings (SSSR count). The second kappa shape index (κ2) is 16.6. The van der Waals surface area contributed by atoms with Crippen molar-refractivity contribution in [3.63, 3.8) is 0 Å². The zero-order chi connectivity index (χ0) is 33.3. The van der Waals surface area contributed by atoms with E-state index in [0.717, 1.165) is 80.8 Å². The van der Waals surface area contributed by atoms with Crippen molar-refractivity contribution in [3.05, 3.63) is 81.8 Å². The molecule has 1 atom stereocenters. The molecule has 4 aromatic rings. The number of hydrogen-bond donors (Lipinski definition) is 1. The molecule has 1 aliphatic rings. The fourth-order valence-electron chi connectivity index (χ4n) is 6.97. The van der Waals surface area contributed by atoms with E-state index >= 15 is 0 Å². The zero-order valence-electron chi connectivity index (χ0n) is 28.8. The monoisotopic (exact) mass is 656 g/mol. The first kappa shape index (κ1) is 34.8. The number of aromatic nitrogens is 2. The van der Waals surface area contributed by atoms with Crippen molar-refractivity contribution >= 4 is 34.1 Å². The number of fused-ring (bicyclic) bond motifs is 1. The number of nitrogens with zero attached hydrogens (tertiary/aromatic N) is 3. The topological polar surface area (TPSA) is 76.5 Å². The molecule has 1 aliphatic heterocycles. The lowest BCUT2D eigenvalue weighted by molar-refractivity contribution is -0.126. The van der Waals surface area contributed by atoms with Gasteiger partial charge in [0, 0.05) is 60.9 Å². The molecule has 2 aromatic carbocycles. The van der Waals surface area contributed by atoms with E-state index in [9.17, 15) is 9.59 Å². The molecular weight excluding hydrogens is 605 g/mol. The highest BCUT2D eigenvalue weighted by Gasteiger charge is 2.28. The highest BCUT2D eigenvalue weighted by atomic mass is 32.1. The average molecular weight is 657 g/mol. The van der Waals surface area contributed by atoms with Crippen LogP contribution in [0, 0.1) is 11.8 Å². The number of imidazole rings is 1. The summed E-state index contributed by atoms with van der Waals surface area (Å²) in [6, 6.07) is 19.0. The normalized spacial score (nSPS) is 15.0. The van der Waals surface area contributed by atoms with E-state index in [1.165, 1.54) is 10.4 Å². The van der Waals surface area contributed by atoms with Crippen molar-refractivity contribution in [2.45, 2.75) is 91.1 Å². The number of likely N-dealkylation sites (tertiary alicyclic amines) is 1. The van der Waals surface area contributed by atoms with Crippen LogP contribution >= 0.6 is 11.3 Å². The van der Waals surface area contributed by atoms with Crippen LogP contribution in [0.15, 0.2) is 60.0 Å². The third-order valence-corrected chi connectivity index (χ3v) is 10.5. The van der Waals surface area contributed by atoms with Gasteiger partial charge in [0.05, 0.1) is 18.1 Å². The number of hydrogen-bond acceptors (Lipinski definition) is 6. The van der Waals surface area contributed by atoms with Gasteiger partial charge in [-0.3, -0.25) is 9.59 Å². The molecule has 1 fully saturated rings. The second-order valence-electron chi connectivity index (χ2n) is 13.5. The standard InChI is InChI=1S/C39H52N4O3S/c1-6-32(7-2)43-36-15-12-29(24-35(36)41-38(43)26-34-9-8-22-47-34)37(44)25-30(23-27(3)4)39(45)40-31-17-20-42(21-18-31)19-16-28-10-13-33(46-5)14-11-28/h8-15,22,24,27,30-32H,6-7,16-21,23,25-26H2,1-5H3,(H,40,45)/t30-/m1/s1. The van der Waals surface area contributed by atoms with Crippen molar-refractivity contribution in [3.8, 4) is 5.75 Å². The molecule has 2 aromatic heterocycles. The zero-order valence-corrected chi connectivity index (χ0v) is 29.7. The Morgan fingerprint density at radius 3 is 2.43 bits per heavy atom. The van der Waals surface area contributed by atoms with Gasteiger partial charge >= 0.3 is 0 Å². The lowest BCUT2D eigenvalue weighted by Crippen LogP contribution is -2.47. The summed E-state index contributed by atoms with van der Waals surface area (Å²) in [5, 5.41) is 5.43. The molecule has 8 heteroatoms. The Morgan fingerprint density at radius 2 is 1.79 bits per heavy atom. The van der Waals surface area contributed by atoms with E-state index in [2.05, 4.69) is 78.2 Å². The maximum absolute atomic E-state index is 13.7. The van der Waals surface area contributed by atoms with Crippen LogP contribution < -0.4 is 10.1 Å². The Kier molecular flexibility index (Phi) is 12.3. The number of piperidine rings is 1. The van der Waals surface area contributed by atoms with Crippen LogP contribution in [0.5, 0.6) is 5.75 Å². The van der Waals surface area contributed by atoms with Crippen molar-refractivity contribution in [1.82, 2.24) is 19.8 Å². The minimum Gasteiger partial charge on any atom is -0.497 e. The molecule has 252 valence electrons. The van der Waals surface area contributed by atoms with Crippen LogP contribution in [0.3, 0.4) is 0 Å².